The van der Waals surface area contributed by atoms with E-state index < -0.39 is 11.7 Å². The summed E-state index contributed by atoms with van der Waals surface area (Å²) in [6.45, 7) is 5.45. The quantitative estimate of drug-likeness (QED) is 0.496. The van der Waals surface area contributed by atoms with E-state index in [0.29, 0.717) is 10.4 Å². The van der Waals surface area contributed by atoms with Gasteiger partial charge in [-0.2, -0.15) is 0 Å². The van der Waals surface area contributed by atoms with Crippen molar-refractivity contribution < 1.29 is 9.53 Å². The number of halogens is 2. The highest BCUT2D eigenvalue weighted by Gasteiger charge is 2.17. The van der Waals surface area contributed by atoms with Crippen LogP contribution in [0, 0.1) is 3.57 Å². The molecular weight excluding hydrogens is 435 g/mol. The Morgan fingerprint density at radius 2 is 2.10 bits per heavy atom. The third kappa shape index (κ3) is 3.82. The van der Waals surface area contributed by atoms with Gasteiger partial charge in [-0.1, -0.05) is 12.1 Å². The van der Waals surface area contributed by atoms with Crippen molar-refractivity contribution in [3.05, 3.63) is 32.4 Å². The van der Waals surface area contributed by atoms with Gasteiger partial charge in [-0.25, -0.2) is 9.78 Å². The van der Waals surface area contributed by atoms with Gasteiger partial charge in [0.15, 0.2) is 0 Å². The van der Waals surface area contributed by atoms with Gasteiger partial charge in [0.2, 0.25) is 0 Å². The van der Waals surface area contributed by atoms with Gasteiger partial charge in [-0.05, 0) is 76.8 Å². The van der Waals surface area contributed by atoms with Gasteiger partial charge in [0, 0.05) is 8.96 Å². The summed E-state index contributed by atoms with van der Waals surface area (Å²) in [4.78, 5) is 16.1. The fourth-order valence-corrected chi connectivity index (χ4v) is 3.47. The Bertz CT molecular complexity index is 668. The molecule has 2 aromatic rings. The summed E-state index contributed by atoms with van der Waals surface area (Å²) in [6, 6.07) is 7.78. The summed E-state index contributed by atoms with van der Waals surface area (Å²) >= 11 is 5.70. The summed E-state index contributed by atoms with van der Waals surface area (Å²) in [7, 11) is 0. The molecule has 1 amide bonds. The molecule has 0 unspecified atom stereocenters. The number of hydrogen-bond acceptors (Lipinski definition) is 3. The Kier molecular flexibility index (Phi) is 4.53. The lowest BCUT2D eigenvalue weighted by atomic mass is 10.2. The first kappa shape index (κ1) is 15.5. The topological polar surface area (TPSA) is 51.2 Å². The van der Waals surface area contributed by atoms with Gasteiger partial charge in [0.05, 0.1) is 0 Å². The number of benzene rings is 1. The van der Waals surface area contributed by atoms with Crippen molar-refractivity contribution in [2.45, 2.75) is 26.4 Å². The molecule has 0 radical (unpaired) electrons. The van der Waals surface area contributed by atoms with Crippen LogP contribution in [0.25, 0.3) is 10.8 Å². The number of carbonyl (C=O) groups is 1. The number of nitrogens with one attached hydrogen (secondary N) is 1. The molecule has 6 heteroatoms. The van der Waals surface area contributed by atoms with Crippen LogP contribution in [-0.2, 0) is 4.74 Å². The van der Waals surface area contributed by atoms with Crippen LogP contribution in [0.1, 0.15) is 20.8 Å². The molecule has 1 aromatic heterocycles. The van der Waals surface area contributed by atoms with E-state index in [2.05, 4.69) is 48.8 Å². The maximum absolute atomic E-state index is 11.8. The van der Waals surface area contributed by atoms with Crippen LogP contribution in [0.2, 0.25) is 0 Å². The van der Waals surface area contributed by atoms with Crippen molar-refractivity contribution in [2.75, 3.05) is 5.32 Å². The second-order valence-electron chi connectivity index (χ2n) is 5.26. The van der Waals surface area contributed by atoms with Crippen molar-refractivity contribution in [3.8, 4) is 0 Å². The first-order valence-corrected chi connectivity index (χ1v) is 7.88. The monoisotopic (exact) mass is 448 g/mol. The van der Waals surface area contributed by atoms with E-state index in [1.807, 2.05) is 45.0 Å². The van der Waals surface area contributed by atoms with Crippen LogP contribution in [0.5, 0.6) is 0 Å². The first-order chi connectivity index (χ1) is 9.26. The Balaban J connectivity index is 2.31. The largest absolute Gasteiger partial charge is 0.444 e. The molecule has 1 heterocycles. The molecule has 2 rings (SSSR count). The number of fused-ring (bicyclic) bond motifs is 1. The minimum atomic E-state index is -0.534. The number of amides is 1. The lowest BCUT2D eigenvalue weighted by Crippen LogP contribution is -2.27. The normalized spacial score (nSPS) is 11.4. The van der Waals surface area contributed by atoms with Crippen LogP contribution in [0.4, 0.5) is 10.6 Å². The molecule has 0 atom stereocenters. The molecule has 1 N–H and O–H groups in total. The van der Waals surface area contributed by atoms with Gasteiger partial charge >= 0.3 is 6.09 Å². The standard InChI is InChI=1S/C14H14BrIN2O2/c1-14(2,3)20-13(19)18-10-7-8-5-4-6-9(16)11(8)12(15)17-10/h4-7H,1-3H3,(H,17,18,19). The molecule has 0 spiro atoms. The molecule has 0 saturated carbocycles. The molecule has 0 aliphatic rings. The van der Waals surface area contributed by atoms with Crippen molar-refractivity contribution in [2.24, 2.45) is 0 Å². The minimum Gasteiger partial charge on any atom is -0.444 e. The van der Waals surface area contributed by atoms with Gasteiger partial charge in [0.1, 0.15) is 16.0 Å². The molecular formula is C14H14BrIN2O2. The number of ether oxygens (including phenoxy) is 1. The summed E-state index contributed by atoms with van der Waals surface area (Å²) in [5.41, 5.74) is -0.534. The molecule has 0 saturated heterocycles. The van der Waals surface area contributed by atoms with Crippen molar-refractivity contribution in [1.82, 2.24) is 4.98 Å². The van der Waals surface area contributed by atoms with E-state index in [0.717, 1.165) is 14.3 Å². The average Bonchev–Trinajstić information content (AvgIpc) is 2.25. The maximum Gasteiger partial charge on any atom is 0.413 e. The number of pyridine rings is 1. The zero-order valence-electron chi connectivity index (χ0n) is 11.3. The Labute approximate surface area is 139 Å². The van der Waals surface area contributed by atoms with E-state index in [-0.39, 0.29) is 0 Å². The predicted molar refractivity (Wildman–Crippen MR) is 92.0 cm³/mol. The predicted octanol–water partition coefficient (Wildman–Crippen LogP) is 4.95. The third-order valence-corrected chi connectivity index (χ3v) is 3.86. The summed E-state index contributed by atoms with van der Waals surface area (Å²) < 4.78 is 7.01. The number of aromatic nitrogens is 1. The number of anilines is 1. The average molecular weight is 449 g/mol. The lowest BCUT2D eigenvalue weighted by molar-refractivity contribution is 0.0635. The summed E-state index contributed by atoms with van der Waals surface area (Å²) in [5.74, 6) is 0.459. The molecule has 0 aliphatic carbocycles. The SMILES string of the molecule is CC(C)(C)OC(=O)Nc1cc2cccc(I)c2c(Br)n1. The van der Waals surface area contributed by atoms with Gasteiger partial charge in [0.25, 0.3) is 0 Å². The molecule has 0 bridgehead atoms. The fraction of sp³-hybridized carbons (Fsp3) is 0.286. The van der Waals surface area contributed by atoms with Crippen LogP contribution in [0.3, 0.4) is 0 Å². The van der Waals surface area contributed by atoms with E-state index in [9.17, 15) is 4.79 Å². The van der Waals surface area contributed by atoms with Crippen LogP contribution >= 0.6 is 38.5 Å². The van der Waals surface area contributed by atoms with E-state index >= 15 is 0 Å². The first-order valence-electron chi connectivity index (χ1n) is 6.01. The van der Waals surface area contributed by atoms with Crippen molar-refractivity contribution in [3.63, 3.8) is 0 Å². The van der Waals surface area contributed by atoms with Gasteiger partial charge < -0.3 is 4.74 Å². The summed E-state index contributed by atoms with van der Waals surface area (Å²) in [6.07, 6.45) is -0.512. The smallest absolute Gasteiger partial charge is 0.413 e. The Morgan fingerprint density at radius 1 is 1.40 bits per heavy atom. The van der Waals surface area contributed by atoms with Crippen molar-refractivity contribution >= 4 is 61.2 Å². The Hall–Kier alpha value is -0.890. The number of carbonyl (C=O) groups excluding carboxylic acids is 1. The van der Waals surface area contributed by atoms with E-state index in [1.165, 1.54) is 0 Å². The Morgan fingerprint density at radius 3 is 2.75 bits per heavy atom. The molecule has 1 aromatic carbocycles. The highest BCUT2D eigenvalue weighted by atomic mass is 127. The molecule has 4 nitrogen and oxygen atoms in total. The third-order valence-electron chi connectivity index (χ3n) is 2.39. The highest BCUT2D eigenvalue weighted by molar-refractivity contribution is 14.1. The van der Waals surface area contributed by atoms with E-state index in [1.54, 1.807) is 0 Å². The molecule has 0 fully saturated rings. The maximum atomic E-state index is 11.8. The minimum absolute atomic E-state index is 0.459. The molecule has 20 heavy (non-hydrogen) atoms. The van der Waals surface area contributed by atoms with Crippen LogP contribution in [0.15, 0.2) is 28.9 Å². The zero-order valence-corrected chi connectivity index (χ0v) is 15.1. The van der Waals surface area contributed by atoms with Gasteiger partial charge in [-0.3, -0.25) is 5.32 Å². The highest BCUT2D eigenvalue weighted by Crippen LogP contribution is 2.29. The number of hydrogen-bond donors (Lipinski definition) is 1. The van der Waals surface area contributed by atoms with Crippen molar-refractivity contribution in [1.29, 1.82) is 0 Å². The summed E-state index contributed by atoms with van der Waals surface area (Å²) in [5, 5.41) is 4.68. The second-order valence-corrected chi connectivity index (χ2v) is 7.18. The second kappa shape index (κ2) is 5.85. The molecule has 106 valence electrons. The number of nitrogens with zero attached hydrogens (tertiary/aromatic N) is 1. The number of rotatable bonds is 1. The van der Waals surface area contributed by atoms with Gasteiger partial charge in [-0.15, -0.1) is 0 Å². The van der Waals surface area contributed by atoms with E-state index in [4.69, 9.17) is 4.74 Å². The molecule has 0 aliphatic heterocycles. The zero-order chi connectivity index (χ0) is 14.9. The van der Waals surface area contributed by atoms with Crippen LogP contribution in [-0.4, -0.2) is 16.7 Å². The van der Waals surface area contributed by atoms with Crippen LogP contribution < -0.4 is 5.32 Å². The lowest BCUT2D eigenvalue weighted by Gasteiger charge is -2.19. The fourth-order valence-electron chi connectivity index (χ4n) is 1.69.